The lowest BCUT2D eigenvalue weighted by molar-refractivity contribution is -0.384. The van der Waals surface area contributed by atoms with Crippen LogP contribution in [0, 0.1) is 17.0 Å². The van der Waals surface area contributed by atoms with E-state index >= 15 is 0 Å². The van der Waals surface area contributed by atoms with Crippen LogP contribution in [0.25, 0.3) is 0 Å². The Morgan fingerprint density at radius 1 is 1.00 bits per heavy atom. The average Bonchev–Trinajstić information content (AvgIpc) is 2.73. The van der Waals surface area contributed by atoms with Gasteiger partial charge in [0, 0.05) is 63.3 Å². The molecule has 3 rings (SSSR count). The molecule has 7 nitrogen and oxygen atoms in total. The Morgan fingerprint density at radius 2 is 1.69 bits per heavy atom. The quantitative estimate of drug-likeness (QED) is 0.408. The number of rotatable bonds is 7. The summed E-state index contributed by atoms with van der Waals surface area (Å²) in [5.74, 6) is -0.0110. The summed E-state index contributed by atoms with van der Waals surface area (Å²) in [4.78, 5) is 39.2. The largest absolute Gasteiger partial charge is 0.340 e. The third-order valence-electron chi connectivity index (χ3n) is 5.19. The molecular weight excluding hydrogens is 370 g/mol. The monoisotopic (exact) mass is 395 g/mol. The summed E-state index contributed by atoms with van der Waals surface area (Å²) in [6, 6.07) is 14.0. The fourth-order valence-corrected chi connectivity index (χ4v) is 3.44. The van der Waals surface area contributed by atoms with E-state index in [0.717, 1.165) is 11.1 Å². The molecule has 0 atom stereocenters. The SMILES string of the molecule is Cc1ccc(C(=O)CCC(=O)N2CCN(Cc3cccc([N+](=O)[O-])c3)CC2)cc1. The van der Waals surface area contributed by atoms with Gasteiger partial charge in [-0.2, -0.15) is 0 Å². The van der Waals surface area contributed by atoms with Gasteiger partial charge in [-0.15, -0.1) is 0 Å². The van der Waals surface area contributed by atoms with Crippen molar-refractivity contribution in [3.63, 3.8) is 0 Å². The standard InChI is InChI=1S/C22H25N3O4/c1-17-5-7-19(8-6-17)21(26)9-10-22(27)24-13-11-23(12-14-24)16-18-3-2-4-20(15-18)25(28)29/h2-8,15H,9-14,16H2,1H3. The number of non-ortho nitro benzene ring substituents is 1. The molecule has 0 N–H and O–H groups in total. The van der Waals surface area contributed by atoms with E-state index in [1.165, 1.54) is 6.07 Å². The lowest BCUT2D eigenvalue weighted by Crippen LogP contribution is -2.48. The zero-order valence-electron chi connectivity index (χ0n) is 16.5. The first-order valence-electron chi connectivity index (χ1n) is 9.76. The second-order valence-electron chi connectivity index (χ2n) is 7.37. The first-order chi connectivity index (χ1) is 13.9. The molecule has 2 aromatic carbocycles. The van der Waals surface area contributed by atoms with Crippen LogP contribution >= 0.6 is 0 Å². The molecule has 0 unspecified atom stereocenters. The van der Waals surface area contributed by atoms with Crippen LogP contribution in [0.2, 0.25) is 0 Å². The predicted octanol–water partition coefficient (Wildman–Crippen LogP) is 3.21. The van der Waals surface area contributed by atoms with Crippen molar-refractivity contribution in [1.82, 2.24) is 9.80 Å². The minimum Gasteiger partial charge on any atom is -0.340 e. The van der Waals surface area contributed by atoms with Gasteiger partial charge in [-0.3, -0.25) is 24.6 Å². The summed E-state index contributed by atoms with van der Waals surface area (Å²) in [6.07, 6.45) is 0.438. The van der Waals surface area contributed by atoms with Crippen molar-refractivity contribution in [1.29, 1.82) is 0 Å². The molecule has 0 aliphatic carbocycles. The fourth-order valence-electron chi connectivity index (χ4n) is 3.44. The summed E-state index contributed by atoms with van der Waals surface area (Å²) >= 11 is 0. The van der Waals surface area contributed by atoms with Crippen LogP contribution in [0.3, 0.4) is 0 Å². The number of benzene rings is 2. The van der Waals surface area contributed by atoms with Gasteiger partial charge in [-0.05, 0) is 12.5 Å². The molecule has 1 aliphatic rings. The molecular formula is C22H25N3O4. The number of carbonyl (C=O) groups excluding carboxylic acids is 2. The zero-order chi connectivity index (χ0) is 20.8. The molecule has 1 aliphatic heterocycles. The molecule has 152 valence electrons. The van der Waals surface area contributed by atoms with Crippen LogP contribution < -0.4 is 0 Å². The highest BCUT2D eigenvalue weighted by Gasteiger charge is 2.22. The molecule has 0 spiro atoms. The van der Waals surface area contributed by atoms with Crippen LogP contribution in [0.1, 0.15) is 34.3 Å². The summed E-state index contributed by atoms with van der Waals surface area (Å²) in [5, 5.41) is 10.9. The first-order valence-corrected chi connectivity index (χ1v) is 9.76. The van der Waals surface area contributed by atoms with E-state index in [-0.39, 0.29) is 30.2 Å². The second kappa shape index (κ2) is 9.43. The minimum absolute atomic E-state index is 0.000427. The van der Waals surface area contributed by atoms with E-state index in [2.05, 4.69) is 4.90 Å². The van der Waals surface area contributed by atoms with E-state index in [1.54, 1.807) is 29.2 Å². The molecule has 0 bridgehead atoms. The van der Waals surface area contributed by atoms with Crippen molar-refractivity contribution >= 4 is 17.4 Å². The number of hydrogen-bond donors (Lipinski definition) is 0. The van der Waals surface area contributed by atoms with Gasteiger partial charge in [0.1, 0.15) is 0 Å². The number of carbonyl (C=O) groups is 2. The Kier molecular flexibility index (Phi) is 6.72. The van der Waals surface area contributed by atoms with Gasteiger partial charge in [-0.1, -0.05) is 42.0 Å². The van der Waals surface area contributed by atoms with Crippen molar-refractivity contribution < 1.29 is 14.5 Å². The zero-order valence-corrected chi connectivity index (χ0v) is 16.5. The van der Waals surface area contributed by atoms with E-state index in [4.69, 9.17) is 0 Å². The van der Waals surface area contributed by atoms with Gasteiger partial charge in [0.05, 0.1) is 4.92 Å². The maximum atomic E-state index is 12.5. The van der Waals surface area contributed by atoms with Gasteiger partial charge >= 0.3 is 0 Å². The van der Waals surface area contributed by atoms with Gasteiger partial charge in [-0.25, -0.2) is 0 Å². The van der Waals surface area contributed by atoms with Gasteiger partial charge in [0.15, 0.2) is 5.78 Å². The smallest absolute Gasteiger partial charge is 0.269 e. The number of hydrogen-bond acceptors (Lipinski definition) is 5. The number of aryl methyl sites for hydroxylation is 1. The number of piperazine rings is 1. The molecule has 1 amide bonds. The molecule has 1 fully saturated rings. The van der Waals surface area contributed by atoms with Gasteiger partial charge in [0.2, 0.25) is 5.91 Å². The summed E-state index contributed by atoms with van der Waals surface area (Å²) in [7, 11) is 0. The van der Waals surface area contributed by atoms with Crippen LogP contribution in [0.5, 0.6) is 0 Å². The Labute approximate surface area is 170 Å². The summed E-state index contributed by atoms with van der Waals surface area (Å²) in [5.41, 5.74) is 2.73. The maximum absolute atomic E-state index is 12.5. The lowest BCUT2D eigenvalue weighted by atomic mass is 10.0. The van der Waals surface area contributed by atoms with Crippen molar-refractivity contribution in [3.05, 3.63) is 75.3 Å². The highest BCUT2D eigenvalue weighted by Crippen LogP contribution is 2.16. The number of nitrogens with zero attached hydrogens (tertiary/aromatic N) is 3. The highest BCUT2D eigenvalue weighted by atomic mass is 16.6. The number of nitro benzene ring substituents is 1. The fraction of sp³-hybridized carbons (Fsp3) is 0.364. The predicted molar refractivity (Wildman–Crippen MR) is 110 cm³/mol. The molecule has 0 saturated carbocycles. The number of nitro groups is 1. The minimum atomic E-state index is -0.391. The van der Waals surface area contributed by atoms with Gasteiger partial charge in [0.25, 0.3) is 5.69 Å². The van der Waals surface area contributed by atoms with E-state index in [0.29, 0.717) is 38.3 Å². The Morgan fingerprint density at radius 3 is 2.34 bits per heavy atom. The second-order valence-corrected chi connectivity index (χ2v) is 7.37. The number of amides is 1. The van der Waals surface area contributed by atoms with E-state index < -0.39 is 4.92 Å². The molecule has 2 aromatic rings. The number of Topliss-reactive ketones (excluding diaryl/α,β-unsaturated/α-hetero) is 1. The molecule has 7 heteroatoms. The molecule has 29 heavy (non-hydrogen) atoms. The third kappa shape index (κ3) is 5.71. The van der Waals surface area contributed by atoms with E-state index in [9.17, 15) is 19.7 Å². The van der Waals surface area contributed by atoms with Crippen LogP contribution in [-0.2, 0) is 11.3 Å². The van der Waals surface area contributed by atoms with Crippen LogP contribution in [0.15, 0.2) is 48.5 Å². The average molecular weight is 395 g/mol. The first kappa shape index (κ1) is 20.7. The molecule has 0 radical (unpaired) electrons. The third-order valence-corrected chi connectivity index (χ3v) is 5.19. The van der Waals surface area contributed by atoms with Crippen LogP contribution in [0.4, 0.5) is 5.69 Å². The Bertz CT molecular complexity index is 887. The van der Waals surface area contributed by atoms with Crippen molar-refractivity contribution in [2.75, 3.05) is 26.2 Å². The lowest BCUT2D eigenvalue weighted by Gasteiger charge is -2.34. The van der Waals surface area contributed by atoms with Crippen molar-refractivity contribution in [2.45, 2.75) is 26.3 Å². The molecule has 1 heterocycles. The normalized spacial score (nSPS) is 14.6. The van der Waals surface area contributed by atoms with Crippen molar-refractivity contribution in [3.8, 4) is 0 Å². The Balaban J connectivity index is 1.44. The topological polar surface area (TPSA) is 83.8 Å². The summed E-state index contributed by atoms with van der Waals surface area (Å²) < 4.78 is 0. The number of ketones is 1. The maximum Gasteiger partial charge on any atom is 0.269 e. The summed E-state index contributed by atoms with van der Waals surface area (Å²) in [6.45, 7) is 5.21. The molecule has 0 aromatic heterocycles. The molecule has 1 saturated heterocycles. The van der Waals surface area contributed by atoms with Crippen LogP contribution in [-0.4, -0.2) is 52.6 Å². The Hall–Kier alpha value is -3.06. The van der Waals surface area contributed by atoms with Gasteiger partial charge < -0.3 is 4.90 Å². The van der Waals surface area contributed by atoms with E-state index in [1.807, 2.05) is 25.1 Å². The van der Waals surface area contributed by atoms with Crippen molar-refractivity contribution in [2.24, 2.45) is 0 Å². The highest BCUT2D eigenvalue weighted by molar-refractivity contribution is 5.98.